The molecular weight excluding hydrogens is 478 g/mol. The standard InChI is InChI=1S/C19H16N3O.Ir/c1-12-9-13(2)18(14(3)10-12)22-8-7-20-19(22)15-5-4-6-16-17(15)21-11-23-16;/h4,6-11H,1-3H3;/q-1;. The van der Waals surface area contributed by atoms with E-state index in [2.05, 4.69) is 53.5 Å². The predicted octanol–water partition coefficient (Wildman–Crippen LogP) is 4.40. The predicted molar refractivity (Wildman–Crippen MR) is 89.6 cm³/mol. The third-order valence-electron chi connectivity index (χ3n) is 4.03. The largest absolute Gasteiger partial charge is 0.464 e. The van der Waals surface area contributed by atoms with Crippen LogP contribution in [0.3, 0.4) is 0 Å². The van der Waals surface area contributed by atoms with Crippen molar-refractivity contribution >= 4 is 11.1 Å². The molecule has 4 nitrogen and oxygen atoms in total. The molecule has 0 aliphatic rings. The molecule has 0 atom stereocenters. The molecule has 0 saturated heterocycles. The molecule has 2 aromatic heterocycles. The summed E-state index contributed by atoms with van der Waals surface area (Å²) in [5.41, 5.74) is 7.21. The number of nitrogens with zero attached hydrogens (tertiary/aromatic N) is 3. The van der Waals surface area contributed by atoms with Gasteiger partial charge in [-0.05, 0) is 31.9 Å². The zero-order valence-corrected chi connectivity index (χ0v) is 16.0. The Labute approximate surface area is 153 Å². The average molecular weight is 495 g/mol. The maximum atomic E-state index is 5.40. The molecule has 2 heterocycles. The number of aromatic nitrogens is 3. The molecule has 4 rings (SSSR count). The van der Waals surface area contributed by atoms with Gasteiger partial charge in [-0.25, -0.2) is 0 Å². The van der Waals surface area contributed by atoms with Gasteiger partial charge in [-0.1, -0.05) is 29.3 Å². The number of fused-ring (bicyclic) bond motifs is 1. The summed E-state index contributed by atoms with van der Waals surface area (Å²) in [7, 11) is 0. The van der Waals surface area contributed by atoms with E-state index in [0.717, 1.165) is 28.2 Å². The van der Waals surface area contributed by atoms with Crippen molar-refractivity contribution in [2.24, 2.45) is 0 Å². The van der Waals surface area contributed by atoms with Crippen molar-refractivity contribution in [2.75, 3.05) is 0 Å². The van der Waals surface area contributed by atoms with Crippen molar-refractivity contribution in [2.45, 2.75) is 20.8 Å². The van der Waals surface area contributed by atoms with Crippen LogP contribution in [-0.4, -0.2) is 14.5 Å². The van der Waals surface area contributed by atoms with Crippen molar-refractivity contribution in [3.05, 3.63) is 65.8 Å². The molecule has 4 aromatic rings. The van der Waals surface area contributed by atoms with Gasteiger partial charge in [-0.15, -0.1) is 12.1 Å². The Bertz CT molecular complexity index is 993. The second-order valence-electron chi connectivity index (χ2n) is 5.79. The number of imidazole rings is 1. The van der Waals surface area contributed by atoms with Crippen LogP contribution in [0.5, 0.6) is 0 Å². The fourth-order valence-electron chi connectivity index (χ4n) is 3.22. The van der Waals surface area contributed by atoms with Crippen LogP contribution in [0.15, 0.2) is 47.5 Å². The number of benzene rings is 2. The minimum absolute atomic E-state index is 0. The fraction of sp³-hybridized carbons (Fsp3) is 0.158. The Hall–Kier alpha value is -2.23. The summed E-state index contributed by atoms with van der Waals surface area (Å²) in [4.78, 5) is 8.86. The number of hydrogen-bond donors (Lipinski definition) is 0. The van der Waals surface area contributed by atoms with E-state index in [4.69, 9.17) is 4.42 Å². The number of hydrogen-bond acceptors (Lipinski definition) is 3. The smallest absolute Gasteiger partial charge is 0.170 e. The van der Waals surface area contributed by atoms with Gasteiger partial charge in [-0.3, -0.25) is 9.97 Å². The van der Waals surface area contributed by atoms with Gasteiger partial charge in [0.1, 0.15) is 0 Å². The first kappa shape index (κ1) is 16.6. The minimum Gasteiger partial charge on any atom is -0.464 e. The third kappa shape index (κ3) is 2.60. The van der Waals surface area contributed by atoms with E-state index in [1.165, 1.54) is 23.1 Å². The van der Waals surface area contributed by atoms with Crippen LogP contribution < -0.4 is 0 Å². The summed E-state index contributed by atoms with van der Waals surface area (Å²) in [6.07, 6.45) is 5.24. The Morgan fingerprint density at radius 3 is 2.58 bits per heavy atom. The quantitative estimate of drug-likeness (QED) is 0.388. The number of aryl methyl sites for hydroxylation is 3. The van der Waals surface area contributed by atoms with E-state index in [-0.39, 0.29) is 20.1 Å². The van der Waals surface area contributed by atoms with Gasteiger partial charge in [0, 0.05) is 43.7 Å². The van der Waals surface area contributed by atoms with Crippen LogP contribution >= 0.6 is 0 Å². The Morgan fingerprint density at radius 2 is 1.83 bits per heavy atom. The topological polar surface area (TPSA) is 43.9 Å². The van der Waals surface area contributed by atoms with Gasteiger partial charge in [0.25, 0.3) is 0 Å². The van der Waals surface area contributed by atoms with Crippen LogP contribution in [0.4, 0.5) is 0 Å². The molecule has 0 amide bonds. The van der Waals surface area contributed by atoms with Crippen LogP contribution in [0.2, 0.25) is 0 Å². The Morgan fingerprint density at radius 1 is 1.08 bits per heavy atom. The summed E-state index contributed by atoms with van der Waals surface area (Å²) >= 11 is 0. The zero-order valence-electron chi connectivity index (χ0n) is 13.6. The van der Waals surface area contributed by atoms with E-state index in [0.29, 0.717) is 0 Å². The molecule has 0 saturated carbocycles. The zero-order chi connectivity index (χ0) is 16.0. The SMILES string of the molecule is Cc1cc(C)c(-n2ccnc2-c2[c-]ccc3ocnc23)c(C)c1.[Ir]. The molecule has 0 N–H and O–H groups in total. The van der Waals surface area contributed by atoms with E-state index in [9.17, 15) is 0 Å². The van der Waals surface area contributed by atoms with Gasteiger partial charge in [0.15, 0.2) is 6.39 Å². The molecule has 5 heteroatoms. The van der Waals surface area contributed by atoms with Gasteiger partial charge in [0.05, 0.1) is 11.4 Å². The van der Waals surface area contributed by atoms with E-state index >= 15 is 0 Å². The van der Waals surface area contributed by atoms with Gasteiger partial charge in [0.2, 0.25) is 0 Å². The molecule has 1 radical (unpaired) electrons. The molecule has 0 aliphatic heterocycles. The Kier molecular flexibility index (Phi) is 4.39. The van der Waals surface area contributed by atoms with Crippen LogP contribution in [-0.2, 0) is 20.1 Å². The molecule has 0 bridgehead atoms. The molecular formula is C19H16IrN3O-. The second kappa shape index (κ2) is 6.34. The molecule has 0 fully saturated rings. The third-order valence-corrected chi connectivity index (χ3v) is 4.03. The van der Waals surface area contributed by atoms with Crippen LogP contribution in [0, 0.1) is 26.8 Å². The fourth-order valence-corrected chi connectivity index (χ4v) is 3.22. The normalized spacial score (nSPS) is 10.8. The van der Waals surface area contributed by atoms with Crippen molar-refractivity contribution in [1.29, 1.82) is 0 Å². The summed E-state index contributed by atoms with van der Waals surface area (Å²) in [6.45, 7) is 6.36. The first-order chi connectivity index (χ1) is 11.1. The van der Waals surface area contributed by atoms with Gasteiger partial charge < -0.3 is 8.98 Å². The second-order valence-corrected chi connectivity index (χ2v) is 5.79. The number of oxazole rings is 1. The molecule has 0 aliphatic carbocycles. The van der Waals surface area contributed by atoms with Crippen molar-refractivity contribution in [3.8, 4) is 17.1 Å². The van der Waals surface area contributed by atoms with E-state index in [1.807, 2.05) is 18.3 Å². The van der Waals surface area contributed by atoms with Crippen LogP contribution in [0.25, 0.3) is 28.2 Å². The Balaban J connectivity index is 0.00000169. The van der Waals surface area contributed by atoms with Crippen molar-refractivity contribution < 1.29 is 24.5 Å². The van der Waals surface area contributed by atoms with Gasteiger partial charge in [-0.2, -0.15) is 0 Å². The van der Waals surface area contributed by atoms with E-state index in [1.54, 1.807) is 6.20 Å². The maximum Gasteiger partial charge on any atom is 0.170 e. The molecule has 0 unspecified atom stereocenters. The molecule has 2 aromatic carbocycles. The average Bonchev–Trinajstić information content (AvgIpc) is 3.14. The van der Waals surface area contributed by atoms with E-state index < -0.39 is 0 Å². The van der Waals surface area contributed by atoms with Crippen molar-refractivity contribution in [3.63, 3.8) is 0 Å². The first-order valence-corrected chi connectivity index (χ1v) is 7.51. The minimum atomic E-state index is 0. The molecule has 123 valence electrons. The van der Waals surface area contributed by atoms with Crippen molar-refractivity contribution in [1.82, 2.24) is 14.5 Å². The first-order valence-electron chi connectivity index (χ1n) is 7.51. The van der Waals surface area contributed by atoms with Gasteiger partial charge >= 0.3 is 0 Å². The molecule has 24 heavy (non-hydrogen) atoms. The van der Waals surface area contributed by atoms with Crippen LogP contribution in [0.1, 0.15) is 16.7 Å². The monoisotopic (exact) mass is 495 g/mol. The number of rotatable bonds is 2. The molecule has 0 spiro atoms. The summed E-state index contributed by atoms with van der Waals surface area (Å²) in [6, 6.07) is 11.3. The maximum absolute atomic E-state index is 5.40. The summed E-state index contributed by atoms with van der Waals surface area (Å²) in [5.74, 6) is 0.819. The summed E-state index contributed by atoms with van der Waals surface area (Å²) in [5, 5.41) is 0. The summed E-state index contributed by atoms with van der Waals surface area (Å²) < 4.78 is 7.50.